The number of rotatable bonds is 4. The van der Waals surface area contributed by atoms with Crippen LogP contribution in [0.1, 0.15) is 11.8 Å². The minimum absolute atomic E-state index is 0.0265. The molecule has 136 valence electrons. The predicted octanol–water partition coefficient (Wildman–Crippen LogP) is -2.75. The third-order valence-corrected chi connectivity index (χ3v) is 4.22. The van der Waals surface area contributed by atoms with Gasteiger partial charge in [-0.05, 0) is 0 Å². The number of nitrogens with zero attached hydrogens (tertiary/aromatic N) is 4. The Morgan fingerprint density at radius 2 is 2.12 bits per heavy atom. The first-order valence-electron chi connectivity index (χ1n) is 7.44. The summed E-state index contributed by atoms with van der Waals surface area (Å²) in [6.07, 6.45) is -3.36. The molecule has 25 heavy (non-hydrogen) atoms. The highest BCUT2D eigenvalue weighted by atomic mass is 16.6. The van der Waals surface area contributed by atoms with Crippen molar-refractivity contribution in [1.82, 2.24) is 14.5 Å². The van der Waals surface area contributed by atoms with Crippen molar-refractivity contribution in [2.45, 2.75) is 24.5 Å². The molecule has 0 amide bonds. The Bertz CT molecular complexity index is 822. The molecule has 1 fully saturated rings. The van der Waals surface area contributed by atoms with Gasteiger partial charge in [0.2, 0.25) is 0 Å². The number of nitrogens with one attached hydrogen (secondary N) is 1. The number of hydrogen-bond acceptors (Lipinski definition) is 10. The van der Waals surface area contributed by atoms with Gasteiger partial charge in [0, 0.05) is 7.05 Å². The Labute approximate surface area is 141 Å². The molecule has 0 bridgehead atoms. The van der Waals surface area contributed by atoms with E-state index >= 15 is 0 Å². The van der Waals surface area contributed by atoms with E-state index in [1.165, 1.54) is 10.9 Å². The van der Waals surface area contributed by atoms with Gasteiger partial charge in [-0.25, -0.2) is 9.97 Å². The number of ether oxygens (including phenoxy) is 1. The monoisotopic (exact) mass is 352 g/mol. The molecule has 4 atom stereocenters. The number of hydrazone groups is 1. The number of aliphatic hydroxyl groups is 3. The molecule has 0 radical (unpaired) electrons. The van der Waals surface area contributed by atoms with Crippen molar-refractivity contribution in [2.75, 3.05) is 24.7 Å². The zero-order valence-corrected chi connectivity index (χ0v) is 13.4. The average molecular weight is 352 g/mol. The standard InChI is InChI=1S/C13H20N8O4/c1-17-11-6(10(15)20-16)5-9(14)18-3-19-12(5)21(11)13-8(24)7(23)4(2-22)25-13/h3-4,7-8,13,17,22-24H,2,16H2,1H3,(H2,15,20)(H2,14,18,19)/t4-,7-,8-,13-/m1/s1. The second-order valence-electron chi connectivity index (χ2n) is 5.54. The number of amidine groups is 1. The molecule has 1 aliphatic rings. The van der Waals surface area contributed by atoms with Crippen LogP contribution in [0.5, 0.6) is 0 Å². The number of fused-ring (bicyclic) bond motifs is 1. The van der Waals surface area contributed by atoms with Crippen LogP contribution < -0.4 is 22.6 Å². The van der Waals surface area contributed by atoms with Crippen molar-refractivity contribution < 1.29 is 20.1 Å². The topological polar surface area (TPSA) is 203 Å². The highest BCUT2D eigenvalue weighted by molar-refractivity contribution is 6.15. The average Bonchev–Trinajstić information content (AvgIpc) is 3.10. The van der Waals surface area contributed by atoms with E-state index in [0.717, 1.165) is 0 Å². The molecule has 12 heteroatoms. The Balaban J connectivity index is 2.31. The molecule has 12 nitrogen and oxygen atoms in total. The van der Waals surface area contributed by atoms with Crippen LogP contribution in [0, 0.1) is 0 Å². The molecule has 0 unspecified atom stereocenters. The third kappa shape index (κ3) is 2.42. The number of aromatic nitrogens is 3. The second kappa shape index (κ2) is 6.33. The fourth-order valence-electron chi connectivity index (χ4n) is 3.06. The van der Waals surface area contributed by atoms with Crippen molar-refractivity contribution in [1.29, 1.82) is 0 Å². The van der Waals surface area contributed by atoms with Gasteiger partial charge in [-0.1, -0.05) is 0 Å². The van der Waals surface area contributed by atoms with Crippen LogP contribution in [0.2, 0.25) is 0 Å². The first-order valence-corrected chi connectivity index (χ1v) is 7.44. The summed E-state index contributed by atoms with van der Waals surface area (Å²) in [7, 11) is 1.61. The summed E-state index contributed by atoms with van der Waals surface area (Å²) in [5.41, 5.74) is 12.5. The molecule has 0 aromatic carbocycles. The molecule has 1 saturated heterocycles. The Kier molecular flexibility index (Phi) is 4.34. The zero-order valence-electron chi connectivity index (χ0n) is 13.4. The van der Waals surface area contributed by atoms with Crippen LogP contribution in [-0.2, 0) is 4.74 Å². The van der Waals surface area contributed by atoms with E-state index in [2.05, 4.69) is 20.4 Å². The normalized spacial score (nSPS) is 27.1. The van der Waals surface area contributed by atoms with Gasteiger partial charge in [0.1, 0.15) is 41.9 Å². The van der Waals surface area contributed by atoms with Crippen LogP contribution in [0.3, 0.4) is 0 Å². The van der Waals surface area contributed by atoms with Crippen molar-refractivity contribution in [3.63, 3.8) is 0 Å². The van der Waals surface area contributed by atoms with E-state index in [4.69, 9.17) is 22.0 Å². The summed E-state index contributed by atoms with van der Waals surface area (Å²) in [5.74, 6) is 5.79. The van der Waals surface area contributed by atoms with Crippen molar-refractivity contribution in [3.05, 3.63) is 11.9 Å². The number of anilines is 2. The summed E-state index contributed by atoms with van der Waals surface area (Å²) >= 11 is 0. The van der Waals surface area contributed by atoms with Crippen LogP contribution in [0.25, 0.3) is 11.0 Å². The van der Waals surface area contributed by atoms with Gasteiger partial charge >= 0.3 is 0 Å². The van der Waals surface area contributed by atoms with Crippen molar-refractivity contribution in [2.24, 2.45) is 16.7 Å². The smallest absolute Gasteiger partial charge is 0.166 e. The summed E-state index contributed by atoms with van der Waals surface area (Å²) < 4.78 is 7.07. The van der Waals surface area contributed by atoms with Gasteiger partial charge in [-0.3, -0.25) is 4.57 Å². The Morgan fingerprint density at radius 1 is 1.40 bits per heavy atom. The minimum Gasteiger partial charge on any atom is -0.394 e. The van der Waals surface area contributed by atoms with E-state index in [9.17, 15) is 15.3 Å². The first-order chi connectivity index (χ1) is 12.0. The Morgan fingerprint density at radius 3 is 2.68 bits per heavy atom. The fourth-order valence-corrected chi connectivity index (χ4v) is 3.06. The molecule has 2 aromatic rings. The predicted molar refractivity (Wildman–Crippen MR) is 89.4 cm³/mol. The van der Waals surface area contributed by atoms with E-state index in [0.29, 0.717) is 22.4 Å². The van der Waals surface area contributed by atoms with Crippen molar-refractivity contribution >= 4 is 28.5 Å². The number of hydrogen-bond donors (Lipinski definition) is 7. The fraction of sp³-hybridized carbons (Fsp3) is 0.462. The molecular weight excluding hydrogens is 332 g/mol. The lowest BCUT2D eigenvalue weighted by atomic mass is 10.1. The van der Waals surface area contributed by atoms with Gasteiger partial charge in [-0.2, -0.15) is 5.10 Å². The summed E-state index contributed by atoms with van der Waals surface area (Å²) in [5, 5.41) is 36.5. The molecular formula is C13H20N8O4. The van der Waals surface area contributed by atoms with Gasteiger partial charge < -0.3 is 42.7 Å². The third-order valence-electron chi connectivity index (χ3n) is 4.22. The molecule has 1 aliphatic heterocycles. The van der Waals surface area contributed by atoms with E-state index in [1.807, 2.05) is 0 Å². The highest BCUT2D eigenvalue weighted by Gasteiger charge is 2.45. The summed E-state index contributed by atoms with van der Waals surface area (Å²) in [4.78, 5) is 8.13. The lowest BCUT2D eigenvalue weighted by molar-refractivity contribution is -0.0499. The zero-order chi connectivity index (χ0) is 18.3. The van der Waals surface area contributed by atoms with Gasteiger partial charge in [0.25, 0.3) is 0 Å². The molecule has 3 rings (SSSR count). The number of nitrogens with two attached hydrogens (primary N) is 3. The molecule has 3 heterocycles. The summed E-state index contributed by atoms with van der Waals surface area (Å²) in [6.45, 7) is -0.459. The maximum absolute atomic E-state index is 10.4. The highest BCUT2D eigenvalue weighted by Crippen LogP contribution is 2.39. The molecule has 0 spiro atoms. The number of aliphatic hydroxyl groups excluding tert-OH is 3. The van der Waals surface area contributed by atoms with Gasteiger partial charge in [0.05, 0.1) is 17.6 Å². The van der Waals surface area contributed by atoms with Crippen LogP contribution in [0.15, 0.2) is 11.4 Å². The summed E-state index contributed by atoms with van der Waals surface area (Å²) in [6, 6.07) is 0. The molecule has 2 aromatic heterocycles. The quantitative estimate of drug-likeness (QED) is 0.131. The molecule has 0 saturated carbocycles. The van der Waals surface area contributed by atoms with Gasteiger partial charge in [0.15, 0.2) is 12.1 Å². The van der Waals surface area contributed by atoms with E-state index in [-0.39, 0.29) is 11.7 Å². The molecule has 10 N–H and O–H groups in total. The SMILES string of the molecule is CNc1c(C(N)=NN)c2c(N)ncnc2n1[C@@H]1O[C@H](CO)[C@@H](O)[C@H]1O. The van der Waals surface area contributed by atoms with E-state index < -0.39 is 31.1 Å². The maximum Gasteiger partial charge on any atom is 0.166 e. The lowest BCUT2D eigenvalue weighted by Crippen LogP contribution is -2.33. The lowest BCUT2D eigenvalue weighted by Gasteiger charge is -2.20. The van der Waals surface area contributed by atoms with Gasteiger partial charge in [-0.15, -0.1) is 0 Å². The van der Waals surface area contributed by atoms with E-state index in [1.54, 1.807) is 7.05 Å². The number of nitrogen functional groups attached to an aromatic ring is 1. The minimum atomic E-state index is -1.32. The largest absolute Gasteiger partial charge is 0.394 e. The maximum atomic E-state index is 10.4. The Hall–Kier alpha value is -2.67. The second-order valence-corrected chi connectivity index (χ2v) is 5.54. The first kappa shape index (κ1) is 17.2. The van der Waals surface area contributed by atoms with Crippen molar-refractivity contribution in [3.8, 4) is 0 Å². The van der Waals surface area contributed by atoms with Crippen LogP contribution in [0.4, 0.5) is 11.6 Å². The van der Waals surface area contributed by atoms with Crippen LogP contribution >= 0.6 is 0 Å². The molecule has 0 aliphatic carbocycles. The van der Waals surface area contributed by atoms with Crippen LogP contribution in [-0.4, -0.2) is 67.7 Å².